The van der Waals surface area contributed by atoms with Crippen LogP contribution in [0.5, 0.6) is 0 Å². The molecule has 0 fully saturated rings. The summed E-state index contributed by atoms with van der Waals surface area (Å²) in [6.07, 6.45) is 0. The zero-order valence-electron chi connectivity index (χ0n) is 17.4. The minimum absolute atomic E-state index is 0.0349. The summed E-state index contributed by atoms with van der Waals surface area (Å²) in [6, 6.07) is 23.8. The van der Waals surface area contributed by atoms with Crippen molar-refractivity contribution in [1.82, 2.24) is 20.1 Å². The molecule has 7 heteroatoms. The van der Waals surface area contributed by atoms with Crippen molar-refractivity contribution in [3.8, 4) is 10.7 Å². The van der Waals surface area contributed by atoms with Gasteiger partial charge in [-0.1, -0.05) is 66.7 Å². The van der Waals surface area contributed by atoms with Crippen molar-refractivity contribution in [2.24, 2.45) is 0 Å². The van der Waals surface area contributed by atoms with Crippen LogP contribution in [0.1, 0.15) is 36.9 Å². The van der Waals surface area contributed by atoms with E-state index < -0.39 is 6.04 Å². The molecular weight excluding hydrogens is 424 g/mol. The van der Waals surface area contributed by atoms with Gasteiger partial charge in [-0.25, -0.2) is 0 Å². The number of aromatic amines is 1. The van der Waals surface area contributed by atoms with Crippen LogP contribution in [0.2, 0.25) is 0 Å². The Labute approximate surface area is 190 Å². The van der Waals surface area contributed by atoms with Gasteiger partial charge in [-0.2, -0.15) is 5.10 Å². The number of benzene rings is 2. The van der Waals surface area contributed by atoms with E-state index in [0.717, 1.165) is 16.0 Å². The Bertz CT molecular complexity index is 1140. The number of amides is 1. The normalized spacial score (nSPS) is 13.1. The third-order valence-electron chi connectivity index (χ3n) is 5.40. The highest BCUT2D eigenvalue weighted by Crippen LogP contribution is 2.29. The number of thiophene rings is 1. The molecule has 1 amide bonds. The molecule has 0 bridgehead atoms. The smallest absolute Gasteiger partial charge is 0.243 e. The van der Waals surface area contributed by atoms with E-state index in [1.165, 1.54) is 0 Å². The summed E-state index contributed by atoms with van der Waals surface area (Å²) in [6.45, 7) is 3.90. The highest BCUT2D eigenvalue weighted by molar-refractivity contribution is 7.71. The third-order valence-corrected chi connectivity index (χ3v) is 6.55. The van der Waals surface area contributed by atoms with Crippen LogP contribution in [0, 0.1) is 4.77 Å². The molecule has 0 aliphatic carbocycles. The van der Waals surface area contributed by atoms with Gasteiger partial charge in [-0.3, -0.25) is 14.5 Å². The second-order valence-corrected chi connectivity index (χ2v) is 8.81. The van der Waals surface area contributed by atoms with E-state index in [2.05, 4.69) is 39.8 Å². The summed E-state index contributed by atoms with van der Waals surface area (Å²) in [7, 11) is 0. The van der Waals surface area contributed by atoms with Gasteiger partial charge in [0.25, 0.3) is 0 Å². The number of nitrogens with one attached hydrogen (secondary N) is 2. The van der Waals surface area contributed by atoms with Gasteiger partial charge in [0, 0.05) is 12.0 Å². The fourth-order valence-electron chi connectivity index (χ4n) is 3.88. The Morgan fingerprint density at radius 1 is 1.00 bits per heavy atom. The molecule has 0 radical (unpaired) electrons. The van der Waals surface area contributed by atoms with E-state index in [1.54, 1.807) is 15.9 Å². The average molecular weight is 449 g/mol. The number of hydrogen-bond donors (Lipinski definition) is 2. The third kappa shape index (κ3) is 4.52. The van der Waals surface area contributed by atoms with Crippen molar-refractivity contribution in [2.45, 2.75) is 31.8 Å². The predicted octanol–water partition coefficient (Wildman–Crippen LogP) is 5.57. The van der Waals surface area contributed by atoms with Gasteiger partial charge in [0.2, 0.25) is 5.91 Å². The van der Waals surface area contributed by atoms with Crippen molar-refractivity contribution < 1.29 is 4.79 Å². The lowest BCUT2D eigenvalue weighted by atomic mass is 9.85. The van der Waals surface area contributed by atoms with E-state index in [-0.39, 0.29) is 17.9 Å². The van der Waals surface area contributed by atoms with Gasteiger partial charge in [0.15, 0.2) is 10.6 Å². The Morgan fingerprint density at radius 3 is 2.16 bits per heavy atom. The topological polar surface area (TPSA) is 62.7 Å². The lowest BCUT2D eigenvalue weighted by Gasteiger charge is -2.27. The second kappa shape index (κ2) is 9.41. The molecule has 0 aliphatic rings. The second-order valence-electron chi connectivity index (χ2n) is 7.47. The van der Waals surface area contributed by atoms with Gasteiger partial charge >= 0.3 is 0 Å². The first-order valence-corrected chi connectivity index (χ1v) is 11.5. The quantitative estimate of drug-likeness (QED) is 0.364. The number of hydrogen-bond acceptors (Lipinski definition) is 4. The lowest BCUT2D eigenvalue weighted by molar-refractivity contribution is -0.124. The zero-order valence-corrected chi connectivity index (χ0v) is 19.0. The minimum atomic E-state index is -0.502. The van der Waals surface area contributed by atoms with Crippen molar-refractivity contribution in [1.29, 1.82) is 0 Å². The van der Waals surface area contributed by atoms with Crippen LogP contribution in [-0.2, 0) is 4.79 Å². The molecule has 31 heavy (non-hydrogen) atoms. The summed E-state index contributed by atoms with van der Waals surface area (Å²) >= 11 is 6.99. The minimum Gasteiger partial charge on any atom is -0.351 e. The number of carbonyl (C=O) groups is 1. The van der Waals surface area contributed by atoms with Gasteiger partial charge in [0.1, 0.15) is 6.04 Å². The number of carbonyl (C=O) groups excluding carboxylic acids is 1. The SMILES string of the molecule is CC(NC(=O)C(C)n1c(-c2cccs2)n[nH]c1=S)C(c1ccccc1)c1ccccc1. The van der Waals surface area contributed by atoms with Crippen LogP contribution in [0.15, 0.2) is 78.2 Å². The van der Waals surface area contributed by atoms with Crippen molar-refractivity contribution in [2.75, 3.05) is 0 Å². The van der Waals surface area contributed by atoms with Crippen LogP contribution in [-0.4, -0.2) is 26.7 Å². The highest BCUT2D eigenvalue weighted by atomic mass is 32.1. The molecule has 158 valence electrons. The predicted molar refractivity (Wildman–Crippen MR) is 128 cm³/mol. The largest absolute Gasteiger partial charge is 0.351 e. The number of H-pyrrole nitrogens is 1. The van der Waals surface area contributed by atoms with Gasteiger partial charge < -0.3 is 5.32 Å². The molecule has 5 nitrogen and oxygen atoms in total. The van der Waals surface area contributed by atoms with E-state index in [0.29, 0.717) is 10.6 Å². The average Bonchev–Trinajstić information content (AvgIpc) is 3.44. The first-order valence-electron chi connectivity index (χ1n) is 10.2. The summed E-state index contributed by atoms with van der Waals surface area (Å²) in [5, 5.41) is 12.4. The Morgan fingerprint density at radius 2 is 1.61 bits per heavy atom. The Balaban J connectivity index is 1.60. The lowest BCUT2D eigenvalue weighted by Crippen LogP contribution is -2.41. The summed E-state index contributed by atoms with van der Waals surface area (Å²) in [5.74, 6) is 0.616. The zero-order chi connectivity index (χ0) is 21.8. The molecule has 0 saturated carbocycles. The molecular formula is C24H24N4OS2. The molecule has 0 aliphatic heterocycles. The molecule has 2 atom stereocenters. The maximum absolute atomic E-state index is 13.3. The van der Waals surface area contributed by atoms with E-state index >= 15 is 0 Å². The Kier molecular flexibility index (Phi) is 6.44. The summed E-state index contributed by atoms with van der Waals surface area (Å²) in [5.41, 5.74) is 2.32. The maximum atomic E-state index is 13.3. The van der Waals surface area contributed by atoms with Crippen molar-refractivity contribution in [3.63, 3.8) is 0 Å². The van der Waals surface area contributed by atoms with Gasteiger partial charge in [-0.15, -0.1) is 11.3 Å². The van der Waals surface area contributed by atoms with Crippen molar-refractivity contribution >= 4 is 29.5 Å². The highest BCUT2D eigenvalue weighted by Gasteiger charge is 2.27. The maximum Gasteiger partial charge on any atom is 0.243 e. The fourth-order valence-corrected chi connectivity index (χ4v) is 4.88. The van der Waals surface area contributed by atoms with Crippen LogP contribution in [0.25, 0.3) is 10.7 Å². The molecule has 2 unspecified atom stereocenters. The van der Waals surface area contributed by atoms with Crippen LogP contribution >= 0.6 is 23.6 Å². The van der Waals surface area contributed by atoms with Crippen LogP contribution in [0.3, 0.4) is 0 Å². The Hall–Kier alpha value is -3.03. The van der Waals surface area contributed by atoms with Gasteiger partial charge in [-0.05, 0) is 48.6 Å². The van der Waals surface area contributed by atoms with E-state index in [1.807, 2.05) is 67.8 Å². The first-order chi connectivity index (χ1) is 15.1. The van der Waals surface area contributed by atoms with Gasteiger partial charge in [0.05, 0.1) is 4.88 Å². The standard InChI is InChI=1S/C24H24N4OS2/c1-16(21(18-10-5-3-6-11-18)19-12-7-4-8-13-19)25-23(29)17(2)28-22(26-27-24(28)30)20-14-9-15-31-20/h3-17,21H,1-2H3,(H,25,29)(H,27,30). The molecule has 0 spiro atoms. The summed E-state index contributed by atoms with van der Waals surface area (Å²) in [4.78, 5) is 14.2. The molecule has 4 aromatic rings. The molecule has 2 aromatic carbocycles. The molecule has 2 heterocycles. The van der Waals surface area contributed by atoms with Crippen molar-refractivity contribution in [3.05, 3.63) is 94.1 Å². The van der Waals surface area contributed by atoms with Crippen LogP contribution in [0.4, 0.5) is 0 Å². The fraction of sp³-hybridized carbons (Fsp3) is 0.208. The number of rotatable bonds is 7. The molecule has 4 rings (SSSR count). The monoisotopic (exact) mass is 448 g/mol. The molecule has 2 aromatic heterocycles. The molecule has 2 N–H and O–H groups in total. The molecule has 0 saturated heterocycles. The number of nitrogens with zero attached hydrogens (tertiary/aromatic N) is 2. The summed E-state index contributed by atoms with van der Waals surface area (Å²) < 4.78 is 2.21. The first kappa shape index (κ1) is 21.2. The van der Waals surface area contributed by atoms with E-state index in [9.17, 15) is 4.79 Å². The number of aromatic nitrogens is 3. The van der Waals surface area contributed by atoms with Crippen LogP contribution < -0.4 is 5.32 Å². The van der Waals surface area contributed by atoms with E-state index in [4.69, 9.17) is 12.2 Å².